The van der Waals surface area contributed by atoms with E-state index < -0.39 is 0 Å². The predicted molar refractivity (Wildman–Crippen MR) is 77.0 cm³/mol. The van der Waals surface area contributed by atoms with Crippen molar-refractivity contribution in [3.05, 3.63) is 47.0 Å². The Morgan fingerprint density at radius 2 is 2.16 bits per heavy atom. The zero-order valence-electron chi connectivity index (χ0n) is 11.7. The van der Waals surface area contributed by atoms with Crippen LogP contribution in [0.4, 0.5) is 5.82 Å². The van der Waals surface area contributed by atoms with E-state index >= 15 is 0 Å². The van der Waals surface area contributed by atoms with Crippen molar-refractivity contribution >= 4 is 5.82 Å². The summed E-state index contributed by atoms with van der Waals surface area (Å²) in [6.45, 7) is 7.05. The molecular formula is C15H21N3O. The van der Waals surface area contributed by atoms with Crippen LogP contribution in [0, 0.1) is 13.8 Å². The van der Waals surface area contributed by atoms with Crippen LogP contribution < -0.4 is 11.1 Å². The fraction of sp³-hybridized carbons (Fsp3) is 0.400. The highest BCUT2D eigenvalue weighted by atomic mass is 16.3. The number of rotatable bonds is 5. The molecule has 4 heteroatoms. The number of furan rings is 1. The number of pyridine rings is 1. The predicted octanol–water partition coefficient (Wildman–Crippen LogP) is 2.96. The van der Waals surface area contributed by atoms with Gasteiger partial charge in [0.25, 0.3) is 0 Å². The second-order valence-electron chi connectivity index (χ2n) is 4.81. The van der Waals surface area contributed by atoms with Crippen molar-refractivity contribution < 1.29 is 4.42 Å². The van der Waals surface area contributed by atoms with Crippen molar-refractivity contribution in [3.63, 3.8) is 0 Å². The molecule has 1 atom stereocenters. The molecule has 0 aromatic carbocycles. The zero-order chi connectivity index (χ0) is 13.8. The minimum absolute atomic E-state index is 0.0334. The lowest BCUT2D eigenvalue weighted by Crippen LogP contribution is -2.24. The largest absolute Gasteiger partial charge is 0.469 e. The molecule has 0 fully saturated rings. The highest BCUT2D eigenvalue weighted by Gasteiger charge is 2.20. The summed E-state index contributed by atoms with van der Waals surface area (Å²) >= 11 is 0. The number of nitrogens with one attached hydrogen (secondary N) is 1. The average molecular weight is 259 g/mol. The quantitative estimate of drug-likeness (QED) is 0.866. The van der Waals surface area contributed by atoms with Crippen LogP contribution in [0.15, 0.2) is 29.0 Å². The van der Waals surface area contributed by atoms with Crippen molar-refractivity contribution in [2.45, 2.75) is 33.2 Å². The third-order valence-corrected chi connectivity index (χ3v) is 3.21. The molecule has 0 aliphatic rings. The molecule has 19 heavy (non-hydrogen) atoms. The van der Waals surface area contributed by atoms with Crippen LogP contribution in [0.25, 0.3) is 0 Å². The van der Waals surface area contributed by atoms with E-state index in [1.807, 2.05) is 19.9 Å². The van der Waals surface area contributed by atoms with Gasteiger partial charge in [0.1, 0.15) is 11.6 Å². The van der Waals surface area contributed by atoms with Crippen molar-refractivity contribution in [3.8, 4) is 0 Å². The Morgan fingerprint density at radius 3 is 2.79 bits per heavy atom. The minimum atomic E-state index is 0.0334. The van der Waals surface area contributed by atoms with Crippen LogP contribution in [0.3, 0.4) is 0 Å². The Balaban J connectivity index is 2.42. The molecule has 0 aliphatic carbocycles. The topological polar surface area (TPSA) is 64.1 Å². The monoisotopic (exact) mass is 259 g/mol. The standard InChI is InChI=1S/C15H21N3O/c1-4-6-17-14(12-5-7-19-11(12)3)13-8-10(2)9-18-15(13)16/h5,7-9,14,17H,4,6H2,1-3H3,(H2,16,18). The van der Waals surface area contributed by atoms with Gasteiger partial charge in [-0.25, -0.2) is 4.98 Å². The first-order valence-corrected chi connectivity index (χ1v) is 6.63. The second-order valence-corrected chi connectivity index (χ2v) is 4.81. The van der Waals surface area contributed by atoms with Gasteiger partial charge in [-0.15, -0.1) is 0 Å². The maximum Gasteiger partial charge on any atom is 0.128 e. The third kappa shape index (κ3) is 2.96. The SMILES string of the molecule is CCCNC(c1cc(C)cnc1N)c1ccoc1C. The third-order valence-electron chi connectivity index (χ3n) is 3.21. The van der Waals surface area contributed by atoms with Gasteiger partial charge in [0.2, 0.25) is 0 Å². The maximum atomic E-state index is 6.04. The van der Waals surface area contributed by atoms with Crippen molar-refractivity contribution in [2.75, 3.05) is 12.3 Å². The van der Waals surface area contributed by atoms with Crippen molar-refractivity contribution in [2.24, 2.45) is 0 Å². The summed E-state index contributed by atoms with van der Waals surface area (Å²) in [5, 5.41) is 3.52. The van der Waals surface area contributed by atoms with Crippen LogP contribution >= 0.6 is 0 Å². The molecule has 2 aromatic heterocycles. The van der Waals surface area contributed by atoms with Crippen LogP contribution in [-0.4, -0.2) is 11.5 Å². The number of nitrogens with zero attached hydrogens (tertiary/aromatic N) is 1. The lowest BCUT2D eigenvalue weighted by Gasteiger charge is -2.20. The normalized spacial score (nSPS) is 12.6. The van der Waals surface area contributed by atoms with E-state index in [1.165, 1.54) is 0 Å². The van der Waals surface area contributed by atoms with Gasteiger partial charge in [-0.3, -0.25) is 0 Å². The van der Waals surface area contributed by atoms with Gasteiger partial charge in [-0.2, -0.15) is 0 Å². The molecule has 0 bridgehead atoms. The first kappa shape index (κ1) is 13.6. The summed E-state index contributed by atoms with van der Waals surface area (Å²) in [5.74, 6) is 1.48. The Bertz CT molecular complexity index is 548. The van der Waals surface area contributed by atoms with E-state index in [9.17, 15) is 0 Å². The molecule has 2 rings (SSSR count). The Hall–Kier alpha value is -1.81. The van der Waals surface area contributed by atoms with Gasteiger partial charge in [0, 0.05) is 17.3 Å². The number of nitrogen functional groups attached to an aromatic ring is 1. The number of anilines is 1. The summed E-state index contributed by atoms with van der Waals surface area (Å²) in [6.07, 6.45) is 4.56. The molecule has 0 radical (unpaired) electrons. The van der Waals surface area contributed by atoms with E-state index in [4.69, 9.17) is 10.2 Å². The highest BCUT2D eigenvalue weighted by Crippen LogP contribution is 2.29. The van der Waals surface area contributed by atoms with E-state index in [1.54, 1.807) is 12.5 Å². The Morgan fingerprint density at radius 1 is 1.37 bits per heavy atom. The molecule has 0 spiro atoms. The first-order chi connectivity index (χ1) is 9.13. The van der Waals surface area contributed by atoms with Crippen LogP contribution in [0.2, 0.25) is 0 Å². The molecule has 4 nitrogen and oxygen atoms in total. The molecular weight excluding hydrogens is 238 g/mol. The molecule has 0 saturated heterocycles. The zero-order valence-corrected chi connectivity index (χ0v) is 11.7. The lowest BCUT2D eigenvalue weighted by molar-refractivity contribution is 0.517. The van der Waals surface area contributed by atoms with Gasteiger partial charge in [0.15, 0.2) is 0 Å². The van der Waals surface area contributed by atoms with E-state index in [2.05, 4.69) is 23.3 Å². The summed E-state index contributed by atoms with van der Waals surface area (Å²) in [5.41, 5.74) is 9.27. The van der Waals surface area contributed by atoms with Crippen LogP contribution in [0.1, 0.15) is 41.8 Å². The summed E-state index contributed by atoms with van der Waals surface area (Å²) in [7, 11) is 0. The molecule has 1 unspecified atom stereocenters. The smallest absolute Gasteiger partial charge is 0.128 e. The highest BCUT2D eigenvalue weighted by molar-refractivity contribution is 5.47. The van der Waals surface area contributed by atoms with E-state index in [-0.39, 0.29) is 6.04 Å². The summed E-state index contributed by atoms with van der Waals surface area (Å²) < 4.78 is 5.42. The number of nitrogens with two attached hydrogens (primary N) is 1. The molecule has 102 valence electrons. The average Bonchev–Trinajstić information content (AvgIpc) is 2.80. The molecule has 0 aliphatic heterocycles. The number of hydrogen-bond donors (Lipinski definition) is 2. The van der Waals surface area contributed by atoms with Crippen LogP contribution in [-0.2, 0) is 0 Å². The number of aromatic nitrogens is 1. The number of hydrogen-bond acceptors (Lipinski definition) is 4. The summed E-state index contributed by atoms with van der Waals surface area (Å²) in [6, 6.07) is 4.11. The van der Waals surface area contributed by atoms with Crippen molar-refractivity contribution in [1.82, 2.24) is 10.3 Å². The molecule has 3 N–H and O–H groups in total. The second kappa shape index (κ2) is 5.89. The van der Waals surface area contributed by atoms with Gasteiger partial charge in [-0.05, 0) is 44.5 Å². The van der Waals surface area contributed by atoms with E-state index in [0.29, 0.717) is 5.82 Å². The van der Waals surface area contributed by atoms with Crippen molar-refractivity contribution in [1.29, 1.82) is 0 Å². The van der Waals surface area contributed by atoms with E-state index in [0.717, 1.165) is 35.4 Å². The van der Waals surface area contributed by atoms with Gasteiger partial charge >= 0.3 is 0 Å². The van der Waals surface area contributed by atoms with Crippen LogP contribution in [0.5, 0.6) is 0 Å². The van der Waals surface area contributed by atoms with Gasteiger partial charge in [0.05, 0.1) is 12.3 Å². The molecule has 0 amide bonds. The fourth-order valence-electron chi connectivity index (χ4n) is 2.20. The van der Waals surface area contributed by atoms with Gasteiger partial charge in [-0.1, -0.05) is 6.92 Å². The molecule has 2 aromatic rings. The maximum absolute atomic E-state index is 6.04. The molecule has 0 saturated carbocycles. The number of aryl methyl sites for hydroxylation is 2. The first-order valence-electron chi connectivity index (χ1n) is 6.63. The fourth-order valence-corrected chi connectivity index (χ4v) is 2.20. The Kier molecular flexibility index (Phi) is 4.22. The van der Waals surface area contributed by atoms with Gasteiger partial charge < -0.3 is 15.5 Å². The minimum Gasteiger partial charge on any atom is -0.469 e. The lowest BCUT2D eigenvalue weighted by atomic mass is 9.98. The Labute approximate surface area is 114 Å². The molecule has 2 heterocycles. The summed E-state index contributed by atoms with van der Waals surface area (Å²) in [4.78, 5) is 4.25.